The first-order valence-corrected chi connectivity index (χ1v) is 5.99. The molecule has 1 aromatic heterocycles. The minimum absolute atomic E-state index is 0.0508. The van der Waals surface area contributed by atoms with E-state index in [1.807, 2.05) is 6.07 Å². The molecular weight excluding hydrogens is 308 g/mol. The number of hydrogen-bond acceptors (Lipinski definition) is 2. The number of hydrogen-bond donors (Lipinski definition) is 0. The van der Waals surface area contributed by atoms with Crippen molar-refractivity contribution >= 4 is 27.5 Å². The molecule has 2 rings (SSSR count). The number of nitrogens with zero attached hydrogens (tertiary/aromatic N) is 1. The summed E-state index contributed by atoms with van der Waals surface area (Å²) in [6.45, 7) is 0.356. The van der Waals surface area contributed by atoms with E-state index in [4.69, 9.17) is 16.3 Å². The molecule has 0 aliphatic heterocycles. The van der Waals surface area contributed by atoms with Crippen molar-refractivity contribution in [1.82, 2.24) is 4.98 Å². The molecule has 0 radical (unpaired) electrons. The molecule has 0 amide bonds. The highest BCUT2D eigenvalue weighted by Crippen LogP contribution is 2.22. The summed E-state index contributed by atoms with van der Waals surface area (Å²) in [6.07, 6.45) is 3.40. The zero-order valence-electron chi connectivity index (χ0n) is 8.66. The fourth-order valence-electron chi connectivity index (χ4n) is 1.27. The van der Waals surface area contributed by atoms with Crippen molar-refractivity contribution in [1.29, 1.82) is 0 Å². The molecule has 0 N–H and O–H groups in total. The Kier molecular flexibility index (Phi) is 3.97. The molecule has 1 aromatic carbocycles. The summed E-state index contributed by atoms with van der Waals surface area (Å²) < 4.78 is 19.3. The molecule has 2 aromatic rings. The second-order valence-electron chi connectivity index (χ2n) is 3.38. The van der Waals surface area contributed by atoms with Crippen molar-refractivity contribution in [2.45, 2.75) is 6.61 Å². The number of aromatic nitrogens is 1. The maximum Gasteiger partial charge on any atom is 0.142 e. The Morgan fingerprint density at radius 3 is 2.82 bits per heavy atom. The van der Waals surface area contributed by atoms with E-state index in [1.165, 1.54) is 18.2 Å². The molecule has 0 saturated heterocycles. The van der Waals surface area contributed by atoms with Gasteiger partial charge in [-0.25, -0.2) is 4.39 Å². The fourth-order valence-corrected chi connectivity index (χ4v) is 1.85. The van der Waals surface area contributed by atoms with Crippen molar-refractivity contribution in [3.8, 4) is 5.75 Å². The number of ether oxygens (including phenoxy) is 1. The normalized spacial score (nSPS) is 10.3. The molecular formula is C12H8BrClFNO. The quantitative estimate of drug-likeness (QED) is 0.846. The molecule has 0 atom stereocenters. The van der Waals surface area contributed by atoms with Crippen LogP contribution >= 0.6 is 27.5 Å². The van der Waals surface area contributed by atoms with Crippen LogP contribution in [0.3, 0.4) is 0 Å². The molecule has 1 heterocycles. The molecule has 0 spiro atoms. The van der Waals surface area contributed by atoms with Gasteiger partial charge in [-0.05, 0) is 34.1 Å². The van der Waals surface area contributed by atoms with Gasteiger partial charge in [-0.2, -0.15) is 0 Å². The average molecular weight is 317 g/mol. The Hall–Kier alpha value is -1.13. The molecule has 5 heteroatoms. The first kappa shape index (κ1) is 12.3. The van der Waals surface area contributed by atoms with Gasteiger partial charge in [-0.3, -0.25) is 4.98 Å². The summed E-state index contributed by atoms with van der Waals surface area (Å²) >= 11 is 8.97. The highest BCUT2D eigenvalue weighted by atomic mass is 79.9. The predicted molar refractivity (Wildman–Crippen MR) is 67.7 cm³/mol. The predicted octanol–water partition coefficient (Wildman–Crippen LogP) is 4.22. The van der Waals surface area contributed by atoms with Crippen molar-refractivity contribution in [3.63, 3.8) is 0 Å². The lowest BCUT2D eigenvalue weighted by atomic mass is 10.3. The number of pyridine rings is 1. The van der Waals surface area contributed by atoms with Gasteiger partial charge in [0.2, 0.25) is 0 Å². The summed E-state index contributed by atoms with van der Waals surface area (Å²) in [6, 6.07) is 6.16. The van der Waals surface area contributed by atoms with Crippen LogP contribution in [0, 0.1) is 5.82 Å². The van der Waals surface area contributed by atoms with Crippen LogP contribution in [-0.4, -0.2) is 4.98 Å². The van der Waals surface area contributed by atoms with E-state index in [-0.39, 0.29) is 5.02 Å². The second kappa shape index (κ2) is 5.47. The van der Waals surface area contributed by atoms with Crippen LogP contribution in [0.5, 0.6) is 5.75 Å². The first-order valence-electron chi connectivity index (χ1n) is 4.82. The summed E-state index contributed by atoms with van der Waals surface area (Å²) in [5.74, 6) is 0.0690. The molecule has 17 heavy (non-hydrogen) atoms. The summed E-state index contributed by atoms with van der Waals surface area (Å²) in [5.41, 5.74) is 0.917. The minimum atomic E-state index is -0.455. The van der Waals surface area contributed by atoms with E-state index in [0.717, 1.165) is 10.0 Å². The fraction of sp³-hybridized carbons (Fsp3) is 0.0833. The Morgan fingerprint density at radius 1 is 1.29 bits per heavy atom. The molecule has 2 nitrogen and oxygen atoms in total. The molecule has 0 unspecified atom stereocenters. The Labute approximate surface area is 112 Å². The van der Waals surface area contributed by atoms with Gasteiger partial charge >= 0.3 is 0 Å². The van der Waals surface area contributed by atoms with E-state index in [0.29, 0.717) is 12.4 Å². The standard InChI is InChI=1S/C12H8BrClFNO/c13-9-3-8(5-16-6-9)7-17-10-1-2-12(15)11(14)4-10/h1-6H,7H2. The van der Waals surface area contributed by atoms with Crippen molar-refractivity contribution in [2.75, 3.05) is 0 Å². The molecule has 0 saturated carbocycles. The minimum Gasteiger partial charge on any atom is -0.489 e. The first-order chi connectivity index (χ1) is 8.15. The lowest BCUT2D eigenvalue weighted by Crippen LogP contribution is -1.96. The topological polar surface area (TPSA) is 22.1 Å². The van der Waals surface area contributed by atoms with Gasteiger partial charge in [0.1, 0.15) is 18.2 Å². The van der Waals surface area contributed by atoms with Crippen molar-refractivity contribution in [2.24, 2.45) is 0 Å². The number of benzene rings is 1. The third-order valence-electron chi connectivity index (χ3n) is 2.06. The lowest BCUT2D eigenvalue weighted by Gasteiger charge is -2.06. The Morgan fingerprint density at radius 2 is 2.12 bits per heavy atom. The maximum absolute atomic E-state index is 12.9. The zero-order chi connectivity index (χ0) is 12.3. The van der Waals surface area contributed by atoms with E-state index >= 15 is 0 Å². The van der Waals surface area contributed by atoms with E-state index < -0.39 is 5.82 Å². The SMILES string of the molecule is Fc1ccc(OCc2cncc(Br)c2)cc1Cl. The number of halogens is 3. The van der Waals surface area contributed by atoms with Crippen LogP contribution < -0.4 is 4.74 Å². The van der Waals surface area contributed by atoms with Gasteiger partial charge in [0.25, 0.3) is 0 Å². The van der Waals surface area contributed by atoms with E-state index in [1.54, 1.807) is 12.4 Å². The van der Waals surface area contributed by atoms with Crippen LogP contribution in [0.1, 0.15) is 5.56 Å². The van der Waals surface area contributed by atoms with Crippen LogP contribution in [0.15, 0.2) is 41.1 Å². The van der Waals surface area contributed by atoms with Crippen molar-refractivity contribution in [3.05, 3.63) is 57.5 Å². The molecule has 88 valence electrons. The monoisotopic (exact) mass is 315 g/mol. The average Bonchev–Trinajstić information content (AvgIpc) is 2.31. The number of rotatable bonds is 3. The van der Waals surface area contributed by atoms with Crippen LogP contribution in [0.4, 0.5) is 4.39 Å². The highest BCUT2D eigenvalue weighted by Gasteiger charge is 2.02. The zero-order valence-corrected chi connectivity index (χ0v) is 11.0. The van der Waals surface area contributed by atoms with Crippen LogP contribution in [-0.2, 0) is 6.61 Å². The molecule has 0 fully saturated rings. The largest absolute Gasteiger partial charge is 0.489 e. The Bertz CT molecular complexity index is 536. The van der Waals surface area contributed by atoms with Gasteiger partial charge in [0.15, 0.2) is 0 Å². The maximum atomic E-state index is 12.9. The molecule has 0 bridgehead atoms. The smallest absolute Gasteiger partial charge is 0.142 e. The highest BCUT2D eigenvalue weighted by molar-refractivity contribution is 9.10. The van der Waals surface area contributed by atoms with Gasteiger partial charge in [-0.1, -0.05) is 11.6 Å². The van der Waals surface area contributed by atoms with Gasteiger partial charge < -0.3 is 4.74 Å². The third-order valence-corrected chi connectivity index (χ3v) is 2.78. The summed E-state index contributed by atoms with van der Waals surface area (Å²) in [5, 5.41) is 0.0508. The van der Waals surface area contributed by atoms with Crippen LogP contribution in [0.25, 0.3) is 0 Å². The summed E-state index contributed by atoms with van der Waals surface area (Å²) in [7, 11) is 0. The third kappa shape index (κ3) is 3.41. The lowest BCUT2D eigenvalue weighted by molar-refractivity contribution is 0.305. The van der Waals surface area contributed by atoms with Gasteiger partial charge in [0, 0.05) is 28.5 Å². The van der Waals surface area contributed by atoms with E-state index in [9.17, 15) is 4.39 Å². The van der Waals surface area contributed by atoms with Gasteiger partial charge in [0.05, 0.1) is 5.02 Å². The summed E-state index contributed by atoms with van der Waals surface area (Å²) in [4.78, 5) is 4.02. The van der Waals surface area contributed by atoms with Crippen molar-refractivity contribution < 1.29 is 9.13 Å². The van der Waals surface area contributed by atoms with E-state index in [2.05, 4.69) is 20.9 Å². The molecule has 0 aliphatic carbocycles. The molecule has 0 aliphatic rings. The van der Waals surface area contributed by atoms with Crippen LogP contribution in [0.2, 0.25) is 5.02 Å². The van der Waals surface area contributed by atoms with Gasteiger partial charge in [-0.15, -0.1) is 0 Å². The second-order valence-corrected chi connectivity index (χ2v) is 4.70. The Balaban J connectivity index is 2.05.